The van der Waals surface area contributed by atoms with Crippen molar-refractivity contribution in [3.05, 3.63) is 104 Å². The second-order valence-corrected chi connectivity index (χ2v) is 8.33. The van der Waals surface area contributed by atoms with Gasteiger partial charge < -0.3 is 0 Å². The molecule has 3 aromatic rings. The fourth-order valence-corrected chi connectivity index (χ4v) is 4.72. The quantitative estimate of drug-likeness (QED) is 0.163. The summed E-state index contributed by atoms with van der Waals surface area (Å²) in [5.41, 5.74) is -7.29. The Labute approximate surface area is 203 Å². The molecule has 17 heteroatoms. The molecule has 0 spiro atoms. The van der Waals surface area contributed by atoms with E-state index in [1.165, 1.54) is 0 Å². The predicted molar refractivity (Wildman–Crippen MR) is 96.6 cm³/mol. The van der Waals surface area contributed by atoms with Crippen molar-refractivity contribution in [2.45, 2.75) is 11.2 Å². The molecule has 0 unspecified atom stereocenters. The van der Waals surface area contributed by atoms with E-state index in [1.807, 2.05) is 0 Å². The van der Waals surface area contributed by atoms with Gasteiger partial charge in [-0.3, -0.25) is 0 Å². The van der Waals surface area contributed by atoms with Crippen LogP contribution in [0, 0.1) is 87.3 Å². The van der Waals surface area contributed by atoms with E-state index in [1.54, 1.807) is 0 Å². The smallest absolute Gasteiger partial charge is 0.200 e. The van der Waals surface area contributed by atoms with Crippen LogP contribution in [0.2, 0.25) is 0 Å². The average molecular weight is 595 g/mol. The van der Waals surface area contributed by atoms with Crippen molar-refractivity contribution in [3.63, 3.8) is 0 Å². The number of benzene rings is 3. The summed E-state index contributed by atoms with van der Waals surface area (Å²) in [5, 5.41) is 0. The van der Waals surface area contributed by atoms with E-state index < -0.39 is 126 Å². The monoisotopic (exact) mass is 594 g/mol. The van der Waals surface area contributed by atoms with E-state index in [4.69, 9.17) is 10.7 Å². The summed E-state index contributed by atoms with van der Waals surface area (Å²) >= 11 is 0. The standard InChI is InChI=1S/C20H2ClF15S/c21-37-20(3-7(24)13(30)18(35)14(31)8(3)25,4-9(26)15(32)19(36)16(33)10(4)27)1-2-5(22)11(28)17(34)12(29)6(2)23/h1H2. The second kappa shape index (κ2) is 9.85. The maximum absolute atomic E-state index is 14.7. The molecule has 37 heavy (non-hydrogen) atoms. The van der Waals surface area contributed by atoms with Crippen molar-refractivity contribution < 1.29 is 65.9 Å². The Bertz CT molecular complexity index is 1300. The van der Waals surface area contributed by atoms with Crippen molar-refractivity contribution in [3.8, 4) is 0 Å². The predicted octanol–water partition coefficient (Wildman–Crippen LogP) is 8.15. The average Bonchev–Trinajstić information content (AvgIpc) is 2.88. The van der Waals surface area contributed by atoms with Crippen LogP contribution in [0.5, 0.6) is 0 Å². The number of hydrogen-bond donors (Lipinski definition) is 0. The Morgan fingerprint density at radius 1 is 0.378 bits per heavy atom. The van der Waals surface area contributed by atoms with Crippen LogP contribution in [-0.2, 0) is 11.2 Å². The van der Waals surface area contributed by atoms with E-state index in [2.05, 4.69) is 0 Å². The Kier molecular flexibility index (Phi) is 7.67. The van der Waals surface area contributed by atoms with E-state index in [9.17, 15) is 65.9 Å². The lowest BCUT2D eigenvalue weighted by Crippen LogP contribution is -2.34. The van der Waals surface area contributed by atoms with Gasteiger partial charge in [0.05, 0.1) is 15.9 Å². The van der Waals surface area contributed by atoms with Crippen LogP contribution in [0.3, 0.4) is 0 Å². The number of hydrogen-bond acceptors (Lipinski definition) is 1. The lowest BCUT2D eigenvalue weighted by Gasteiger charge is -2.33. The Morgan fingerprint density at radius 2 is 0.595 bits per heavy atom. The molecule has 0 aliphatic heterocycles. The fourth-order valence-electron chi connectivity index (χ4n) is 3.38. The third-order valence-corrected chi connectivity index (χ3v) is 6.69. The Morgan fingerprint density at radius 3 is 0.838 bits per heavy atom. The molecule has 3 aromatic carbocycles. The highest BCUT2D eigenvalue weighted by Crippen LogP contribution is 2.53. The van der Waals surface area contributed by atoms with Gasteiger partial charge in [-0.05, 0) is 21.7 Å². The minimum atomic E-state index is -4.15. The van der Waals surface area contributed by atoms with E-state index in [-0.39, 0.29) is 0 Å². The number of halogens is 16. The summed E-state index contributed by atoms with van der Waals surface area (Å²) in [7, 11) is 4.39. The molecule has 0 radical (unpaired) electrons. The first-order chi connectivity index (χ1) is 17.1. The zero-order chi connectivity index (χ0) is 28.3. The highest BCUT2D eigenvalue weighted by Gasteiger charge is 2.50. The van der Waals surface area contributed by atoms with Gasteiger partial charge in [-0.25, -0.2) is 65.9 Å². The number of rotatable bonds is 5. The maximum Gasteiger partial charge on any atom is 0.200 e. The summed E-state index contributed by atoms with van der Waals surface area (Å²) in [6.45, 7) is 0. The molecule has 0 N–H and O–H groups in total. The molecule has 0 aromatic heterocycles. The summed E-state index contributed by atoms with van der Waals surface area (Å²) in [5.74, 6) is -43.5. The molecule has 0 fully saturated rings. The summed E-state index contributed by atoms with van der Waals surface area (Å²) in [4.78, 5) is 0. The molecular formula is C20H2ClF15S. The lowest BCUT2D eigenvalue weighted by atomic mass is 9.82. The van der Waals surface area contributed by atoms with E-state index in [0.717, 1.165) is 0 Å². The molecule has 0 amide bonds. The van der Waals surface area contributed by atoms with Crippen molar-refractivity contribution >= 4 is 21.7 Å². The van der Waals surface area contributed by atoms with Crippen molar-refractivity contribution in [1.82, 2.24) is 0 Å². The van der Waals surface area contributed by atoms with Crippen molar-refractivity contribution in [1.29, 1.82) is 0 Å². The molecule has 0 heterocycles. The van der Waals surface area contributed by atoms with Crippen LogP contribution < -0.4 is 0 Å². The second-order valence-electron chi connectivity index (χ2n) is 7.02. The lowest BCUT2D eigenvalue weighted by molar-refractivity contribution is 0.342. The van der Waals surface area contributed by atoms with Gasteiger partial charge in [0.2, 0.25) is 17.5 Å². The van der Waals surface area contributed by atoms with Gasteiger partial charge in [0.25, 0.3) is 0 Å². The summed E-state index contributed by atoms with van der Waals surface area (Å²) in [6, 6.07) is 0. The first-order valence-electron chi connectivity index (χ1n) is 8.90. The fraction of sp³-hybridized carbons (Fsp3) is 0.100. The van der Waals surface area contributed by atoms with Crippen LogP contribution in [0.1, 0.15) is 16.7 Å². The molecule has 0 aliphatic carbocycles. The van der Waals surface area contributed by atoms with Gasteiger partial charge in [-0.1, -0.05) is 0 Å². The van der Waals surface area contributed by atoms with Crippen molar-refractivity contribution in [2.75, 3.05) is 0 Å². The van der Waals surface area contributed by atoms with Gasteiger partial charge >= 0.3 is 0 Å². The van der Waals surface area contributed by atoms with E-state index in [0.29, 0.717) is 0 Å². The topological polar surface area (TPSA) is 0 Å². The molecule has 3 rings (SSSR count). The third-order valence-electron chi connectivity index (χ3n) is 5.09. The van der Waals surface area contributed by atoms with Crippen LogP contribution in [0.4, 0.5) is 65.9 Å². The third kappa shape index (κ3) is 4.08. The van der Waals surface area contributed by atoms with Crippen LogP contribution in [-0.4, -0.2) is 0 Å². The van der Waals surface area contributed by atoms with Gasteiger partial charge in [0, 0.05) is 12.0 Å². The van der Waals surface area contributed by atoms with Gasteiger partial charge in [-0.15, -0.1) is 0 Å². The molecule has 200 valence electrons. The van der Waals surface area contributed by atoms with Gasteiger partial charge in [0.15, 0.2) is 69.8 Å². The van der Waals surface area contributed by atoms with Gasteiger partial charge in [-0.2, -0.15) is 0 Å². The first kappa shape index (κ1) is 28.8. The molecule has 0 bridgehead atoms. The Balaban J connectivity index is 2.64. The zero-order valence-electron chi connectivity index (χ0n) is 16.7. The first-order valence-corrected chi connectivity index (χ1v) is 10.5. The molecular weight excluding hydrogens is 593 g/mol. The summed E-state index contributed by atoms with van der Waals surface area (Å²) < 4.78 is 208. The van der Waals surface area contributed by atoms with Crippen LogP contribution >= 0.6 is 21.7 Å². The molecule has 0 aliphatic rings. The van der Waals surface area contributed by atoms with Crippen LogP contribution in [0.25, 0.3) is 0 Å². The molecule has 0 atom stereocenters. The maximum atomic E-state index is 14.7. The minimum absolute atomic E-state index is 1.02. The molecule has 0 saturated carbocycles. The normalized spacial score (nSPS) is 12.0. The molecule has 0 nitrogen and oxygen atoms in total. The largest absolute Gasteiger partial charge is 0.203 e. The highest BCUT2D eigenvalue weighted by atomic mass is 35.7. The SMILES string of the molecule is Fc1c(F)c(F)c(CC(SCl)(c2c(F)c(F)c(F)c(F)c2F)c2c(F)c(F)c(F)c(F)c2F)c(F)c1F. The minimum Gasteiger partial charge on any atom is -0.203 e. The van der Waals surface area contributed by atoms with Crippen LogP contribution in [0.15, 0.2) is 0 Å². The van der Waals surface area contributed by atoms with E-state index >= 15 is 0 Å². The Hall–Kier alpha value is -2.75. The van der Waals surface area contributed by atoms with Crippen molar-refractivity contribution in [2.24, 2.45) is 0 Å². The summed E-state index contributed by atoms with van der Waals surface area (Å²) in [6.07, 6.45) is -2.40. The highest BCUT2D eigenvalue weighted by molar-refractivity contribution is 8.21. The zero-order valence-corrected chi connectivity index (χ0v) is 18.2. The van der Waals surface area contributed by atoms with Gasteiger partial charge in [0.1, 0.15) is 0 Å². The molecule has 0 saturated heterocycles.